The molecule has 1 saturated heterocycles. The minimum atomic E-state index is -0.233. The predicted molar refractivity (Wildman–Crippen MR) is 134 cm³/mol. The van der Waals surface area contributed by atoms with Crippen LogP contribution in [0.5, 0.6) is 5.75 Å². The van der Waals surface area contributed by atoms with Gasteiger partial charge in [0.05, 0.1) is 18.2 Å². The van der Waals surface area contributed by atoms with Crippen molar-refractivity contribution in [3.8, 4) is 11.4 Å². The molecule has 0 spiro atoms. The van der Waals surface area contributed by atoms with E-state index in [2.05, 4.69) is 22.2 Å². The van der Waals surface area contributed by atoms with Crippen molar-refractivity contribution in [3.05, 3.63) is 81.6 Å². The monoisotopic (exact) mass is 480 g/mol. The summed E-state index contributed by atoms with van der Waals surface area (Å²) in [6.45, 7) is 4.57. The van der Waals surface area contributed by atoms with Crippen molar-refractivity contribution in [2.45, 2.75) is 32.7 Å². The molecule has 7 nitrogen and oxygen atoms in total. The molecule has 4 rings (SSSR count). The van der Waals surface area contributed by atoms with E-state index in [-0.39, 0.29) is 17.4 Å². The van der Waals surface area contributed by atoms with Crippen molar-refractivity contribution < 1.29 is 9.53 Å². The number of hydrogen-bond donors (Lipinski definition) is 1. The largest absolute Gasteiger partial charge is 0.494 e. The van der Waals surface area contributed by atoms with Gasteiger partial charge in [-0.15, -0.1) is 5.10 Å². The average Bonchev–Trinajstić information content (AvgIpc) is 2.87. The number of rotatable bonds is 8. The lowest BCUT2D eigenvalue weighted by molar-refractivity contribution is -0.125. The van der Waals surface area contributed by atoms with E-state index in [0.29, 0.717) is 36.2 Å². The molecule has 1 amide bonds. The van der Waals surface area contributed by atoms with E-state index in [1.165, 1.54) is 10.7 Å². The van der Waals surface area contributed by atoms with Crippen molar-refractivity contribution in [2.75, 3.05) is 24.6 Å². The van der Waals surface area contributed by atoms with Crippen LogP contribution in [0.4, 0.5) is 5.82 Å². The summed E-state index contributed by atoms with van der Waals surface area (Å²) in [4.78, 5) is 27.3. The van der Waals surface area contributed by atoms with Crippen molar-refractivity contribution >= 4 is 23.3 Å². The maximum atomic E-state index is 12.9. The molecule has 0 aliphatic carbocycles. The highest BCUT2D eigenvalue weighted by Gasteiger charge is 2.26. The van der Waals surface area contributed by atoms with E-state index in [0.717, 1.165) is 37.1 Å². The Morgan fingerprint density at radius 1 is 1.18 bits per heavy atom. The fraction of sp³-hybridized carbons (Fsp3) is 0.346. The SMILES string of the molecule is CCCOc1ccc(CNC(=O)[C@@H]2CCCN(c3ccc(=O)n(-c4cccc(Cl)c4)n3)C2)cc1. The summed E-state index contributed by atoms with van der Waals surface area (Å²) in [5.74, 6) is 1.39. The average molecular weight is 481 g/mol. The van der Waals surface area contributed by atoms with Gasteiger partial charge < -0.3 is 15.0 Å². The van der Waals surface area contributed by atoms with Gasteiger partial charge in [0, 0.05) is 30.7 Å². The van der Waals surface area contributed by atoms with Gasteiger partial charge in [-0.2, -0.15) is 4.68 Å². The Bertz CT molecular complexity index is 1180. The zero-order chi connectivity index (χ0) is 23.9. The molecular weight excluding hydrogens is 452 g/mol. The molecule has 1 fully saturated rings. The Morgan fingerprint density at radius 2 is 2.00 bits per heavy atom. The first kappa shape index (κ1) is 23.8. The zero-order valence-electron chi connectivity index (χ0n) is 19.2. The maximum absolute atomic E-state index is 12.9. The number of hydrogen-bond acceptors (Lipinski definition) is 5. The van der Waals surface area contributed by atoms with Gasteiger partial charge >= 0.3 is 0 Å². The number of amides is 1. The van der Waals surface area contributed by atoms with Crippen LogP contribution >= 0.6 is 11.6 Å². The van der Waals surface area contributed by atoms with E-state index in [9.17, 15) is 9.59 Å². The number of benzene rings is 2. The number of halogens is 1. The number of aromatic nitrogens is 2. The van der Waals surface area contributed by atoms with Crippen LogP contribution in [0.25, 0.3) is 5.69 Å². The Morgan fingerprint density at radius 3 is 2.76 bits per heavy atom. The molecule has 0 bridgehead atoms. The Balaban J connectivity index is 1.39. The molecule has 1 aliphatic heterocycles. The number of nitrogens with one attached hydrogen (secondary N) is 1. The van der Waals surface area contributed by atoms with Crippen LogP contribution in [0, 0.1) is 5.92 Å². The van der Waals surface area contributed by atoms with Crippen LogP contribution in [0.2, 0.25) is 5.02 Å². The minimum absolute atomic E-state index is 0.0270. The molecular formula is C26H29ClN4O3. The van der Waals surface area contributed by atoms with Crippen LogP contribution in [0.1, 0.15) is 31.7 Å². The number of anilines is 1. The van der Waals surface area contributed by atoms with E-state index in [1.807, 2.05) is 24.3 Å². The normalized spacial score (nSPS) is 15.7. The Labute approximate surface area is 204 Å². The van der Waals surface area contributed by atoms with E-state index < -0.39 is 0 Å². The molecule has 1 N–H and O–H groups in total. The van der Waals surface area contributed by atoms with E-state index >= 15 is 0 Å². The molecule has 3 aromatic rings. The second-order valence-corrected chi connectivity index (χ2v) is 8.85. The molecule has 2 heterocycles. The van der Waals surface area contributed by atoms with Crippen molar-refractivity contribution in [3.63, 3.8) is 0 Å². The number of piperidine rings is 1. The third-order valence-electron chi connectivity index (χ3n) is 5.82. The Hall–Kier alpha value is -3.32. The third kappa shape index (κ3) is 5.97. The first-order valence-corrected chi connectivity index (χ1v) is 12.0. The predicted octanol–water partition coefficient (Wildman–Crippen LogP) is 4.21. The van der Waals surface area contributed by atoms with Gasteiger partial charge in [0.2, 0.25) is 5.91 Å². The van der Waals surface area contributed by atoms with Crippen LogP contribution < -0.4 is 20.5 Å². The fourth-order valence-electron chi connectivity index (χ4n) is 4.02. The molecule has 0 unspecified atom stereocenters. The van der Waals surface area contributed by atoms with E-state index in [4.69, 9.17) is 16.3 Å². The maximum Gasteiger partial charge on any atom is 0.271 e. The summed E-state index contributed by atoms with van der Waals surface area (Å²) in [5, 5.41) is 8.15. The highest BCUT2D eigenvalue weighted by Crippen LogP contribution is 2.22. The number of carbonyl (C=O) groups excluding carboxylic acids is 1. The lowest BCUT2D eigenvalue weighted by Gasteiger charge is -2.33. The van der Waals surface area contributed by atoms with Gasteiger partial charge in [0.25, 0.3) is 5.56 Å². The van der Waals surface area contributed by atoms with Crippen LogP contribution in [0.3, 0.4) is 0 Å². The molecule has 8 heteroatoms. The van der Waals surface area contributed by atoms with Crippen LogP contribution in [0.15, 0.2) is 65.5 Å². The summed E-state index contributed by atoms with van der Waals surface area (Å²) < 4.78 is 6.95. The lowest BCUT2D eigenvalue weighted by atomic mass is 9.97. The highest BCUT2D eigenvalue weighted by atomic mass is 35.5. The topological polar surface area (TPSA) is 76.5 Å². The van der Waals surface area contributed by atoms with Crippen molar-refractivity contribution in [1.29, 1.82) is 0 Å². The molecule has 0 radical (unpaired) electrons. The lowest BCUT2D eigenvalue weighted by Crippen LogP contribution is -2.43. The van der Waals surface area contributed by atoms with Gasteiger partial charge in [-0.05, 0) is 61.2 Å². The van der Waals surface area contributed by atoms with Crippen molar-refractivity contribution in [2.24, 2.45) is 5.92 Å². The van der Waals surface area contributed by atoms with Crippen molar-refractivity contribution in [1.82, 2.24) is 15.1 Å². The summed E-state index contributed by atoms with van der Waals surface area (Å²) in [7, 11) is 0. The summed E-state index contributed by atoms with van der Waals surface area (Å²) in [6, 6.07) is 18.1. The quantitative estimate of drug-likeness (QED) is 0.522. The second kappa shape index (κ2) is 11.2. The zero-order valence-corrected chi connectivity index (χ0v) is 20.0. The summed E-state index contributed by atoms with van der Waals surface area (Å²) in [6.07, 6.45) is 2.66. The molecule has 1 aliphatic rings. The second-order valence-electron chi connectivity index (χ2n) is 8.42. The number of nitrogens with zero attached hydrogens (tertiary/aromatic N) is 3. The molecule has 1 aromatic heterocycles. The molecule has 1 atom stereocenters. The van der Waals surface area contributed by atoms with Crippen LogP contribution in [-0.4, -0.2) is 35.4 Å². The highest BCUT2D eigenvalue weighted by molar-refractivity contribution is 6.30. The third-order valence-corrected chi connectivity index (χ3v) is 6.05. The number of ether oxygens (including phenoxy) is 1. The molecule has 2 aromatic carbocycles. The van der Waals surface area contributed by atoms with Gasteiger partial charge in [-0.25, -0.2) is 0 Å². The van der Waals surface area contributed by atoms with Gasteiger partial charge in [-0.1, -0.05) is 36.7 Å². The standard InChI is InChI=1S/C26H29ClN4O3/c1-2-15-34-23-10-8-19(9-11-23)17-28-26(33)20-5-4-14-30(18-20)24-12-13-25(32)31(29-24)22-7-3-6-21(27)16-22/h3,6-13,16,20H,2,4-5,14-15,17-18H2,1H3,(H,28,33)/t20-/m1/s1. The summed E-state index contributed by atoms with van der Waals surface area (Å²) >= 11 is 6.09. The number of carbonyl (C=O) groups is 1. The first-order chi connectivity index (χ1) is 16.5. The first-order valence-electron chi connectivity index (χ1n) is 11.6. The fourth-order valence-corrected chi connectivity index (χ4v) is 4.20. The molecule has 0 saturated carbocycles. The summed E-state index contributed by atoms with van der Waals surface area (Å²) in [5.41, 5.74) is 1.40. The minimum Gasteiger partial charge on any atom is -0.494 e. The Kier molecular flexibility index (Phi) is 7.85. The smallest absolute Gasteiger partial charge is 0.271 e. The molecule has 34 heavy (non-hydrogen) atoms. The van der Waals surface area contributed by atoms with Gasteiger partial charge in [0.1, 0.15) is 11.6 Å². The van der Waals surface area contributed by atoms with Gasteiger partial charge in [-0.3, -0.25) is 9.59 Å². The van der Waals surface area contributed by atoms with E-state index in [1.54, 1.807) is 30.3 Å². The molecule has 178 valence electrons. The van der Waals surface area contributed by atoms with Crippen LogP contribution in [-0.2, 0) is 11.3 Å². The van der Waals surface area contributed by atoms with Gasteiger partial charge in [0.15, 0.2) is 0 Å².